The van der Waals surface area contributed by atoms with E-state index in [-0.39, 0.29) is 5.91 Å². The molecular formula is C17H20N4O. The first-order chi connectivity index (χ1) is 10.7. The third-order valence-electron chi connectivity index (χ3n) is 3.92. The molecule has 0 bridgehead atoms. The largest absolute Gasteiger partial charge is 0.357 e. The highest BCUT2D eigenvalue weighted by Crippen LogP contribution is 2.16. The van der Waals surface area contributed by atoms with E-state index in [9.17, 15) is 4.79 Å². The summed E-state index contributed by atoms with van der Waals surface area (Å²) in [6, 6.07) is 9.48. The van der Waals surface area contributed by atoms with Crippen LogP contribution in [-0.4, -0.2) is 29.0 Å². The Bertz CT molecular complexity index is 665. The van der Waals surface area contributed by atoms with Crippen molar-refractivity contribution in [1.29, 1.82) is 0 Å². The second-order valence-electron chi connectivity index (χ2n) is 5.52. The molecular weight excluding hydrogens is 276 g/mol. The fraction of sp³-hybridized carbons (Fsp3) is 0.353. The Morgan fingerprint density at radius 3 is 2.77 bits per heavy atom. The lowest BCUT2D eigenvalue weighted by molar-refractivity contribution is 0.0949. The van der Waals surface area contributed by atoms with Crippen molar-refractivity contribution >= 4 is 11.7 Å². The minimum absolute atomic E-state index is 0.0896. The number of nitrogens with zero attached hydrogens (tertiary/aromatic N) is 3. The maximum Gasteiger partial charge on any atom is 0.251 e. The van der Waals surface area contributed by atoms with Gasteiger partial charge in [0.25, 0.3) is 5.91 Å². The molecule has 1 aromatic carbocycles. The van der Waals surface area contributed by atoms with E-state index in [4.69, 9.17) is 0 Å². The van der Waals surface area contributed by atoms with Gasteiger partial charge in [0.15, 0.2) is 0 Å². The Morgan fingerprint density at radius 2 is 2.00 bits per heavy atom. The van der Waals surface area contributed by atoms with Crippen molar-refractivity contribution < 1.29 is 4.79 Å². The molecule has 1 N–H and O–H groups in total. The topological polar surface area (TPSA) is 58.1 Å². The van der Waals surface area contributed by atoms with Crippen LogP contribution in [0.25, 0.3) is 0 Å². The van der Waals surface area contributed by atoms with Crippen LogP contribution in [0, 0.1) is 6.92 Å². The molecule has 2 heterocycles. The molecule has 0 aliphatic carbocycles. The normalized spacial score (nSPS) is 14.1. The van der Waals surface area contributed by atoms with Crippen LogP contribution in [0.5, 0.6) is 0 Å². The van der Waals surface area contributed by atoms with Crippen LogP contribution in [0.3, 0.4) is 0 Å². The standard InChI is InChI=1S/C17H20N4O/c1-13-6-2-3-7-14(13)17(22)19-12-15-18-9-8-16(20-15)21-10-4-5-11-21/h2-3,6-9H,4-5,10-12H2,1H3,(H,19,22). The van der Waals surface area contributed by atoms with E-state index in [0.29, 0.717) is 17.9 Å². The van der Waals surface area contributed by atoms with Crippen molar-refractivity contribution in [2.24, 2.45) is 0 Å². The third-order valence-corrected chi connectivity index (χ3v) is 3.92. The van der Waals surface area contributed by atoms with Crippen LogP contribution in [0.1, 0.15) is 34.6 Å². The number of hydrogen-bond donors (Lipinski definition) is 1. The summed E-state index contributed by atoms with van der Waals surface area (Å²) >= 11 is 0. The molecule has 1 aliphatic rings. The minimum atomic E-state index is -0.0896. The number of hydrogen-bond acceptors (Lipinski definition) is 4. The van der Waals surface area contributed by atoms with Crippen LogP contribution >= 0.6 is 0 Å². The fourth-order valence-corrected chi connectivity index (χ4v) is 2.68. The van der Waals surface area contributed by atoms with Gasteiger partial charge in [-0.1, -0.05) is 18.2 Å². The number of rotatable bonds is 4. The van der Waals surface area contributed by atoms with Gasteiger partial charge < -0.3 is 10.2 Å². The van der Waals surface area contributed by atoms with Gasteiger partial charge in [-0.25, -0.2) is 9.97 Å². The number of anilines is 1. The minimum Gasteiger partial charge on any atom is -0.357 e. The molecule has 22 heavy (non-hydrogen) atoms. The van der Waals surface area contributed by atoms with Crippen molar-refractivity contribution in [3.8, 4) is 0 Å². The highest BCUT2D eigenvalue weighted by Gasteiger charge is 2.14. The summed E-state index contributed by atoms with van der Waals surface area (Å²) in [6.45, 7) is 4.37. The van der Waals surface area contributed by atoms with Crippen molar-refractivity contribution in [1.82, 2.24) is 15.3 Å². The number of benzene rings is 1. The first-order valence-electron chi connectivity index (χ1n) is 7.65. The Morgan fingerprint density at radius 1 is 1.23 bits per heavy atom. The van der Waals surface area contributed by atoms with Crippen molar-refractivity contribution in [3.05, 3.63) is 53.5 Å². The molecule has 2 aromatic rings. The van der Waals surface area contributed by atoms with Crippen LogP contribution in [-0.2, 0) is 6.54 Å². The molecule has 0 unspecified atom stereocenters. The molecule has 1 fully saturated rings. The first-order valence-corrected chi connectivity index (χ1v) is 7.65. The number of carbonyl (C=O) groups excluding carboxylic acids is 1. The van der Waals surface area contributed by atoms with Gasteiger partial charge in [0.05, 0.1) is 6.54 Å². The molecule has 1 saturated heterocycles. The summed E-state index contributed by atoms with van der Waals surface area (Å²) in [5, 5.41) is 2.89. The van der Waals surface area contributed by atoms with Crippen LogP contribution < -0.4 is 10.2 Å². The summed E-state index contributed by atoms with van der Waals surface area (Å²) in [5.41, 5.74) is 1.66. The van der Waals surface area contributed by atoms with Gasteiger partial charge in [0.2, 0.25) is 0 Å². The smallest absolute Gasteiger partial charge is 0.251 e. The molecule has 0 atom stereocenters. The number of amides is 1. The first kappa shape index (κ1) is 14.5. The maximum absolute atomic E-state index is 12.2. The lowest BCUT2D eigenvalue weighted by Gasteiger charge is -2.16. The summed E-state index contributed by atoms with van der Waals surface area (Å²) in [7, 11) is 0. The molecule has 5 nitrogen and oxygen atoms in total. The Balaban J connectivity index is 1.65. The quantitative estimate of drug-likeness (QED) is 0.940. The molecule has 3 rings (SSSR count). The second kappa shape index (κ2) is 6.56. The van der Waals surface area contributed by atoms with Gasteiger partial charge in [0, 0.05) is 24.8 Å². The molecule has 0 radical (unpaired) electrons. The summed E-state index contributed by atoms with van der Waals surface area (Å²) in [6.07, 6.45) is 4.18. The zero-order valence-electron chi connectivity index (χ0n) is 12.7. The van der Waals surface area contributed by atoms with Gasteiger partial charge in [-0.15, -0.1) is 0 Å². The molecule has 0 saturated carbocycles. The van der Waals surface area contributed by atoms with E-state index in [2.05, 4.69) is 20.2 Å². The van der Waals surface area contributed by atoms with E-state index in [0.717, 1.165) is 24.5 Å². The third kappa shape index (κ3) is 3.24. The van der Waals surface area contributed by atoms with Crippen LogP contribution in [0.15, 0.2) is 36.5 Å². The van der Waals surface area contributed by atoms with E-state index in [1.54, 1.807) is 6.20 Å². The number of nitrogens with one attached hydrogen (secondary N) is 1. The number of aryl methyl sites for hydroxylation is 1. The monoisotopic (exact) mass is 296 g/mol. The van der Waals surface area contributed by atoms with Gasteiger partial charge in [0.1, 0.15) is 11.6 Å². The highest BCUT2D eigenvalue weighted by molar-refractivity contribution is 5.95. The van der Waals surface area contributed by atoms with Crippen LogP contribution in [0.4, 0.5) is 5.82 Å². The van der Waals surface area contributed by atoms with Gasteiger partial charge in [-0.2, -0.15) is 0 Å². The zero-order chi connectivity index (χ0) is 15.4. The van der Waals surface area contributed by atoms with Crippen molar-refractivity contribution in [3.63, 3.8) is 0 Å². The Kier molecular flexibility index (Phi) is 4.32. The maximum atomic E-state index is 12.2. The lowest BCUT2D eigenvalue weighted by Crippen LogP contribution is -2.25. The van der Waals surface area contributed by atoms with Gasteiger partial charge in [-0.05, 0) is 37.5 Å². The molecule has 1 aliphatic heterocycles. The molecule has 5 heteroatoms. The van der Waals surface area contributed by atoms with Gasteiger partial charge in [-0.3, -0.25) is 4.79 Å². The number of carbonyl (C=O) groups is 1. The van der Waals surface area contributed by atoms with Crippen LogP contribution in [0.2, 0.25) is 0 Å². The molecule has 1 amide bonds. The number of aromatic nitrogens is 2. The Hall–Kier alpha value is -2.43. The zero-order valence-corrected chi connectivity index (χ0v) is 12.7. The molecule has 114 valence electrons. The average Bonchev–Trinajstić information content (AvgIpc) is 3.08. The SMILES string of the molecule is Cc1ccccc1C(=O)NCc1nccc(N2CCCC2)n1. The highest BCUT2D eigenvalue weighted by atomic mass is 16.1. The van der Waals surface area contributed by atoms with Gasteiger partial charge >= 0.3 is 0 Å². The van der Waals surface area contributed by atoms with Crippen molar-refractivity contribution in [2.45, 2.75) is 26.3 Å². The van der Waals surface area contributed by atoms with E-state index < -0.39 is 0 Å². The fourth-order valence-electron chi connectivity index (χ4n) is 2.68. The predicted molar refractivity (Wildman–Crippen MR) is 85.8 cm³/mol. The van der Waals surface area contributed by atoms with E-state index in [1.165, 1.54) is 12.8 Å². The predicted octanol–water partition coefficient (Wildman–Crippen LogP) is 2.32. The molecule has 0 spiro atoms. The lowest BCUT2D eigenvalue weighted by atomic mass is 10.1. The summed E-state index contributed by atoms with van der Waals surface area (Å²) < 4.78 is 0. The summed E-state index contributed by atoms with van der Waals surface area (Å²) in [5.74, 6) is 1.51. The molecule has 1 aromatic heterocycles. The Labute approximate surface area is 130 Å². The second-order valence-corrected chi connectivity index (χ2v) is 5.52. The van der Waals surface area contributed by atoms with E-state index in [1.807, 2.05) is 37.3 Å². The summed E-state index contributed by atoms with van der Waals surface area (Å²) in [4.78, 5) is 23.3. The average molecular weight is 296 g/mol. The van der Waals surface area contributed by atoms with Crippen molar-refractivity contribution in [2.75, 3.05) is 18.0 Å². The van der Waals surface area contributed by atoms with E-state index >= 15 is 0 Å².